The molecule has 0 spiro atoms. The van der Waals surface area contributed by atoms with E-state index in [-0.39, 0.29) is 25.4 Å². The third kappa shape index (κ3) is 4.02. The van der Waals surface area contributed by atoms with Crippen molar-refractivity contribution in [3.8, 4) is 0 Å². The monoisotopic (exact) mass is 436 g/mol. The molecule has 2 heterocycles. The minimum Gasteiger partial charge on any atom is -0.452 e. The molecule has 1 aliphatic heterocycles. The fourth-order valence-electron chi connectivity index (χ4n) is 3.62. The molecule has 0 bridgehead atoms. The van der Waals surface area contributed by atoms with Crippen molar-refractivity contribution in [3.63, 3.8) is 0 Å². The number of ether oxygens (including phenoxy) is 1. The largest absolute Gasteiger partial charge is 0.452 e. The number of amides is 2. The highest BCUT2D eigenvalue weighted by Crippen LogP contribution is 2.29. The zero-order valence-corrected chi connectivity index (χ0v) is 17.2. The fraction of sp³-hybridized carbons (Fsp3) is 0.227. The van der Waals surface area contributed by atoms with Gasteiger partial charge < -0.3 is 10.1 Å². The highest BCUT2D eigenvalue weighted by Gasteiger charge is 2.31. The third-order valence-electron chi connectivity index (χ3n) is 5.14. The lowest BCUT2D eigenvalue weighted by Crippen LogP contribution is -2.47. The summed E-state index contributed by atoms with van der Waals surface area (Å²) in [5.74, 6) is -1.57. The van der Waals surface area contributed by atoms with Crippen molar-refractivity contribution in [3.05, 3.63) is 69.4 Å². The molecule has 0 aliphatic carbocycles. The number of carbonyl (C=O) groups is 3. The Morgan fingerprint density at radius 3 is 2.59 bits per heavy atom. The number of benzene rings is 2. The summed E-state index contributed by atoms with van der Waals surface area (Å²) in [4.78, 5) is 64.8. The van der Waals surface area contributed by atoms with Gasteiger partial charge in [-0.05, 0) is 31.2 Å². The van der Waals surface area contributed by atoms with Gasteiger partial charge in [-0.3, -0.25) is 33.6 Å². The maximum Gasteiger partial charge on any atom is 0.328 e. The van der Waals surface area contributed by atoms with Crippen LogP contribution in [0.2, 0.25) is 0 Å². The van der Waals surface area contributed by atoms with Gasteiger partial charge in [0, 0.05) is 6.54 Å². The van der Waals surface area contributed by atoms with Gasteiger partial charge in [-0.25, -0.2) is 4.79 Å². The molecular weight excluding hydrogens is 416 g/mol. The standard InChI is InChI=1S/C22H20N4O6/c1-13(21(30)26-12-18(27)23-15-7-3-5-9-17(15)26)32-19(28)10-11-25-16-8-4-2-6-14(16)20(29)24-22(25)31/h2-9,13H,10-12H2,1H3,(H,23,27)(H,24,29,31)/t13-/m1/s1. The Morgan fingerprint density at radius 2 is 1.78 bits per heavy atom. The van der Waals surface area contributed by atoms with Crippen LogP contribution in [0.25, 0.3) is 10.9 Å². The number of fused-ring (bicyclic) bond motifs is 2. The van der Waals surface area contributed by atoms with Crippen LogP contribution in [-0.2, 0) is 25.7 Å². The first-order valence-electron chi connectivity index (χ1n) is 9.97. The summed E-state index contributed by atoms with van der Waals surface area (Å²) < 4.78 is 6.54. The lowest BCUT2D eigenvalue weighted by molar-refractivity contribution is -0.154. The van der Waals surface area contributed by atoms with Crippen molar-refractivity contribution in [2.24, 2.45) is 0 Å². The number of rotatable bonds is 5. The van der Waals surface area contributed by atoms with E-state index in [0.717, 1.165) is 0 Å². The number of hydrogen-bond acceptors (Lipinski definition) is 6. The number of hydrogen-bond donors (Lipinski definition) is 2. The maximum absolute atomic E-state index is 12.9. The summed E-state index contributed by atoms with van der Waals surface area (Å²) in [6, 6.07) is 13.4. The van der Waals surface area contributed by atoms with Gasteiger partial charge in [0.2, 0.25) is 5.91 Å². The Kier molecular flexibility index (Phi) is 5.59. The second kappa shape index (κ2) is 8.50. The molecule has 1 atom stereocenters. The van der Waals surface area contributed by atoms with Crippen LogP contribution in [0, 0.1) is 0 Å². The number of H-pyrrole nitrogens is 1. The smallest absolute Gasteiger partial charge is 0.328 e. The van der Waals surface area contributed by atoms with Gasteiger partial charge >= 0.3 is 11.7 Å². The Labute approximate surface area is 181 Å². The van der Waals surface area contributed by atoms with Crippen LogP contribution in [0.15, 0.2) is 58.1 Å². The van der Waals surface area contributed by atoms with Crippen LogP contribution in [-0.4, -0.2) is 40.0 Å². The molecule has 2 amide bonds. The van der Waals surface area contributed by atoms with Gasteiger partial charge in [0.25, 0.3) is 11.5 Å². The number of esters is 1. The second-order valence-corrected chi connectivity index (χ2v) is 7.30. The molecule has 1 aromatic heterocycles. The molecular formula is C22H20N4O6. The molecule has 0 unspecified atom stereocenters. The molecule has 2 aromatic carbocycles. The number of nitrogens with one attached hydrogen (secondary N) is 2. The van der Waals surface area contributed by atoms with Crippen molar-refractivity contribution >= 4 is 40.1 Å². The van der Waals surface area contributed by atoms with Crippen LogP contribution in [0.5, 0.6) is 0 Å². The molecule has 0 radical (unpaired) electrons. The molecule has 10 heteroatoms. The molecule has 164 valence electrons. The number of aromatic nitrogens is 2. The van der Waals surface area contributed by atoms with E-state index in [9.17, 15) is 24.0 Å². The molecule has 0 saturated carbocycles. The second-order valence-electron chi connectivity index (χ2n) is 7.30. The van der Waals surface area contributed by atoms with Gasteiger partial charge in [-0.2, -0.15) is 0 Å². The summed E-state index contributed by atoms with van der Waals surface area (Å²) >= 11 is 0. The highest BCUT2D eigenvalue weighted by atomic mass is 16.5. The van der Waals surface area contributed by atoms with Gasteiger partial charge in [0.1, 0.15) is 6.54 Å². The summed E-state index contributed by atoms with van der Waals surface area (Å²) in [5.41, 5.74) is 0.274. The van der Waals surface area contributed by atoms with Crippen molar-refractivity contribution in [2.75, 3.05) is 16.8 Å². The summed E-state index contributed by atoms with van der Waals surface area (Å²) in [5, 5.41) is 3.01. The van der Waals surface area contributed by atoms with Gasteiger partial charge in [0.05, 0.1) is 28.7 Å². The lowest BCUT2D eigenvalue weighted by Gasteiger charge is -2.30. The SMILES string of the molecule is C[C@@H](OC(=O)CCn1c(=O)[nH]c(=O)c2ccccc21)C(=O)N1CC(=O)Nc2ccccc21. The van der Waals surface area contributed by atoms with E-state index in [1.807, 2.05) is 0 Å². The van der Waals surface area contributed by atoms with E-state index in [1.54, 1.807) is 48.5 Å². The number of nitrogens with zero attached hydrogens (tertiary/aromatic N) is 2. The predicted molar refractivity (Wildman–Crippen MR) is 116 cm³/mol. The number of aromatic amines is 1. The lowest BCUT2D eigenvalue weighted by atomic mass is 10.1. The average Bonchev–Trinajstić information content (AvgIpc) is 2.77. The van der Waals surface area contributed by atoms with Crippen molar-refractivity contribution in [2.45, 2.75) is 26.0 Å². The van der Waals surface area contributed by atoms with Gasteiger partial charge in [-0.15, -0.1) is 0 Å². The number of para-hydroxylation sites is 3. The molecule has 3 aromatic rings. The first kappa shape index (κ1) is 21.0. The first-order valence-corrected chi connectivity index (χ1v) is 9.97. The minimum absolute atomic E-state index is 0.0369. The Balaban J connectivity index is 1.45. The van der Waals surface area contributed by atoms with E-state index >= 15 is 0 Å². The molecule has 0 saturated heterocycles. The molecule has 2 N–H and O–H groups in total. The van der Waals surface area contributed by atoms with Gasteiger partial charge in [-0.1, -0.05) is 24.3 Å². The zero-order chi connectivity index (χ0) is 22.8. The van der Waals surface area contributed by atoms with Crippen molar-refractivity contribution in [1.29, 1.82) is 0 Å². The first-order chi connectivity index (χ1) is 15.3. The molecule has 32 heavy (non-hydrogen) atoms. The summed E-state index contributed by atoms with van der Waals surface area (Å²) in [6.45, 7) is 1.21. The normalized spacial score (nSPS) is 13.9. The van der Waals surface area contributed by atoms with Crippen LogP contribution >= 0.6 is 0 Å². The van der Waals surface area contributed by atoms with E-state index in [1.165, 1.54) is 16.4 Å². The van der Waals surface area contributed by atoms with E-state index in [4.69, 9.17) is 4.74 Å². The van der Waals surface area contributed by atoms with Gasteiger partial charge in [0.15, 0.2) is 6.10 Å². The van der Waals surface area contributed by atoms with Crippen molar-refractivity contribution in [1.82, 2.24) is 9.55 Å². The third-order valence-corrected chi connectivity index (χ3v) is 5.14. The van der Waals surface area contributed by atoms with Crippen molar-refractivity contribution < 1.29 is 19.1 Å². The Morgan fingerprint density at radius 1 is 1.06 bits per heavy atom. The van der Waals surface area contributed by atoms with Crippen LogP contribution < -0.4 is 21.5 Å². The fourth-order valence-corrected chi connectivity index (χ4v) is 3.62. The van der Waals surface area contributed by atoms with Crippen LogP contribution in [0.1, 0.15) is 13.3 Å². The topological polar surface area (TPSA) is 131 Å². The summed E-state index contributed by atoms with van der Waals surface area (Å²) in [7, 11) is 0. The van der Waals surface area contributed by atoms with Crippen LogP contribution in [0.3, 0.4) is 0 Å². The average molecular weight is 436 g/mol. The molecule has 10 nitrogen and oxygen atoms in total. The van der Waals surface area contributed by atoms with E-state index in [0.29, 0.717) is 22.3 Å². The quantitative estimate of drug-likeness (QED) is 0.574. The van der Waals surface area contributed by atoms with Crippen LogP contribution in [0.4, 0.5) is 11.4 Å². The molecule has 4 rings (SSSR count). The van der Waals surface area contributed by atoms with E-state index in [2.05, 4.69) is 10.3 Å². The highest BCUT2D eigenvalue weighted by molar-refractivity contribution is 6.11. The Bertz CT molecular complexity index is 1340. The molecule has 1 aliphatic rings. The summed E-state index contributed by atoms with van der Waals surface area (Å²) in [6.07, 6.45) is -1.32. The number of carbonyl (C=O) groups excluding carboxylic acids is 3. The predicted octanol–water partition coefficient (Wildman–Crippen LogP) is 0.997. The van der Waals surface area contributed by atoms with E-state index < -0.39 is 29.2 Å². The molecule has 0 fully saturated rings. The Hall–Kier alpha value is -4.21. The minimum atomic E-state index is -1.13. The number of aryl methyl sites for hydroxylation is 1. The zero-order valence-electron chi connectivity index (χ0n) is 17.2. The number of anilines is 2. The maximum atomic E-state index is 12.9.